The molecule has 0 spiro atoms. The van der Waals surface area contributed by atoms with E-state index >= 15 is 0 Å². The van der Waals surface area contributed by atoms with E-state index < -0.39 is 0 Å². The van der Waals surface area contributed by atoms with Crippen LogP contribution in [0.1, 0.15) is 56.9 Å². The van der Waals surface area contributed by atoms with Gasteiger partial charge in [-0.05, 0) is 41.9 Å². The molecular weight excluding hydrogens is 322 g/mol. The Morgan fingerprint density at radius 2 is 2.04 bits per heavy atom. The summed E-state index contributed by atoms with van der Waals surface area (Å²) in [6.07, 6.45) is 2.02. The second-order valence-corrected chi connectivity index (χ2v) is 8.66. The number of nitrogens with zero attached hydrogens (tertiary/aromatic N) is 3. The first-order valence-electron chi connectivity index (χ1n) is 9.58. The molecule has 2 N–H and O–H groups in total. The van der Waals surface area contributed by atoms with E-state index in [0.717, 1.165) is 37.6 Å². The standard InChI is InChI=1S/C21H29N5/c1-13(2)14-6-7-16-15(10-14)19-17(24-16)11-21(3,4)12-18(19)25-26(5)20-22-8-9-23-20/h6-7,10,13,24H,8-9,11-12H2,1-5H3,(H,22,23). The summed E-state index contributed by atoms with van der Waals surface area (Å²) in [5.41, 5.74) is 6.54. The Kier molecular flexibility index (Phi) is 4.05. The normalized spacial score (nSPS) is 20.4. The first-order valence-corrected chi connectivity index (χ1v) is 9.58. The van der Waals surface area contributed by atoms with Crippen molar-refractivity contribution in [1.29, 1.82) is 0 Å². The highest BCUT2D eigenvalue weighted by molar-refractivity contribution is 6.13. The van der Waals surface area contributed by atoms with Crippen LogP contribution in [-0.2, 0) is 6.42 Å². The summed E-state index contributed by atoms with van der Waals surface area (Å²) < 4.78 is 0. The number of benzene rings is 1. The molecule has 0 unspecified atom stereocenters. The van der Waals surface area contributed by atoms with Gasteiger partial charge in [-0.15, -0.1) is 0 Å². The summed E-state index contributed by atoms with van der Waals surface area (Å²) in [6.45, 7) is 10.9. The maximum Gasteiger partial charge on any atom is 0.214 e. The molecule has 2 heterocycles. The first kappa shape index (κ1) is 17.1. The van der Waals surface area contributed by atoms with Crippen LogP contribution in [-0.4, -0.2) is 41.8 Å². The lowest BCUT2D eigenvalue weighted by atomic mass is 9.75. The second kappa shape index (κ2) is 6.15. The van der Waals surface area contributed by atoms with Crippen LogP contribution < -0.4 is 5.32 Å². The zero-order valence-corrected chi connectivity index (χ0v) is 16.5. The number of hydrogen-bond donors (Lipinski definition) is 2. The second-order valence-electron chi connectivity index (χ2n) is 8.66. The van der Waals surface area contributed by atoms with Crippen LogP contribution >= 0.6 is 0 Å². The number of nitrogens with one attached hydrogen (secondary N) is 2. The van der Waals surface area contributed by atoms with Gasteiger partial charge in [-0.1, -0.05) is 33.8 Å². The average Bonchev–Trinajstić information content (AvgIpc) is 3.20. The molecule has 26 heavy (non-hydrogen) atoms. The number of rotatable bonds is 2. The maximum absolute atomic E-state index is 4.99. The van der Waals surface area contributed by atoms with Gasteiger partial charge < -0.3 is 10.3 Å². The Labute approximate surface area is 155 Å². The van der Waals surface area contributed by atoms with E-state index in [1.807, 2.05) is 12.1 Å². The molecule has 1 aromatic carbocycles. The van der Waals surface area contributed by atoms with Crippen molar-refractivity contribution < 1.29 is 0 Å². The average molecular weight is 351 g/mol. The van der Waals surface area contributed by atoms with Gasteiger partial charge in [0.15, 0.2) is 0 Å². The predicted octanol–water partition coefficient (Wildman–Crippen LogP) is 3.86. The number of hydrazone groups is 1. The Hall–Kier alpha value is -2.30. The summed E-state index contributed by atoms with van der Waals surface area (Å²) in [7, 11) is 1.99. The van der Waals surface area contributed by atoms with Crippen LogP contribution in [0, 0.1) is 5.41 Å². The number of hydrogen-bond acceptors (Lipinski definition) is 4. The van der Waals surface area contributed by atoms with Crippen LogP contribution in [0.4, 0.5) is 0 Å². The molecule has 0 amide bonds. The molecule has 0 saturated carbocycles. The third kappa shape index (κ3) is 3.00. The molecule has 2 aromatic rings. The van der Waals surface area contributed by atoms with Crippen LogP contribution in [0.15, 0.2) is 28.3 Å². The van der Waals surface area contributed by atoms with Crippen molar-refractivity contribution in [3.8, 4) is 0 Å². The van der Waals surface area contributed by atoms with Crippen LogP contribution in [0.2, 0.25) is 0 Å². The molecule has 0 radical (unpaired) electrons. The third-order valence-corrected chi connectivity index (χ3v) is 5.39. The Morgan fingerprint density at radius 1 is 1.23 bits per heavy atom. The van der Waals surface area contributed by atoms with Gasteiger partial charge >= 0.3 is 0 Å². The minimum atomic E-state index is 0.194. The molecule has 1 aromatic heterocycles. The lowest BCUT2D eigenvalue weighted by Crippen LogP contribution is -2.35. The Bertz CT molecular complexity index is 901. The van der Waals surface area contributed by atoms with Crippen LogP contribution in [0.25, 0.3) is 10.9 Å². The zero-order chi connectivity index (χ0) is 18.5. The highest BCUT2D eigenvalue weighted by atomic mass is 15.5. The molecule has 4 rings (SSSR count). The first-order chi connectivity index (χ1) is 12.3. The van der Waals surface area contributed by atoms with Gasteiger partial charge in [0.25, 0.3) is 0 Å². The van der Waals surface area contributed by atoms with Crippen molar-refractivity contribution in [2.75, 3.05) is 20.1 Å². The molecule has 2 aliphatic rings. The molecule has 0 atom stereocenters. The Balaban J connectivity index is 1.85. The topological polar surface area (TPSA) is 55.8 Å². The summed E-state index contributed by atoms with van der Waals surface area (Å²) in [6, 6.07) is 6.80. The fourth-order valence-corrected chi connectivity index (χ4v) is 4.09. The zero-order valence-electron chi connectivity index (χ0n) is 16.5. The van der Waals surface area contributed by atoms with E-state index in [9.17, 15) is 0 Å². The summed E-state index contributed by atoms with van der Waals surface area (Å²) >= 11 is 0. The monoisotopic (exact) mass is 351 g/mol. The number of H-pyrrole nitrogens is 1. The van der Waals surface area contributed by atoms with Crippen molar-refractivity contribution in [3.05, 3.63) is 35.0 Å². The highest BCUT2D eigenvalue weighted by Crippen LogP contribution is 2.39. The number of aromatic nitrogens is 1. The lowest BCUT2D eigenvalue weighted by molar-refractivity contribution is 0.365. The van der Waals surface area contributed by atoms with Gasteiger partial charge in [0.2, 0.25) is 5.96 Å². The van der Waals surface area contributed by atoms with E-state index in [1.165, 1.54) is 27.7 Å². The van der Waals surface area contributed by atoms with Gasteiger partial charge in [-0.2, -0.15) is 5.10 Å². The van der Waals surface area contributed by atoms with Crippen molar-refractivity contribution in [2.24, 2.45) is 15.5 Å². The van der Waals surface area contributed by atoms with E-state index in [4.69, 9.17) is 5.10 Å². The minimum Gasteiger partial charge on any atom is -0.358 e. The molecular formula is C21H29N5. The Morgan fingerprint density at radius 3 is 2.73 bits per heavy atom. The minimum absolute atomic E-state index is 0.194. The SMILES string of the molecule is CC(C)c1ccc2[nH]c3c(c2c1)C(=NN(C)C1=NCCN1)CC(C)(C)C3. The number of aromatic amines is 1. The molecule has 1 aliphatic carbocycles. The molecule has 138 valence electrons. The van der Waals surface area contributed by atoms with E-state index in [-0.39, 0.29) is 5.41 Å². The van der Waals surface area contributed by atoms with E-state index in [2.05, 4.69) is 61.2 Å². The summed E-state index contributed by atoms with van der Waals surface area (Å²) in [5, 5.41) is 11.5. The third-order valence-electron chi connectivity index (χ3n) is 5.39. The molecule has 0 saturated heterocycles. The fourth-order valence-electron chi connectivity index (χ4n) is 4.09. The van der Waals surface area contributed by atoms with Crippen molar-refractivity contribution in [1.82, 2.24) is 15.3 Å². The van der Waals surface area contributed by atoms with E-state index in [0.29, 0.717) is 5.92 Å². The summed E-state index contributed by atoms with van der Waals surface area (Å²) in [4.78, 5) is 8.16. The smallest absolute Gasteiger partial charge is 0.214 e. The maximum atomic E-state index is 4.99. The van der Waals surface area contributed by atoms with Crippen LogP contribution in [0.3, 0.4) is 0 Å². The van der Waals surface area contributed by atoms with Gasteiger partial charge in [0, 0.05) is 35.8 Å². The number of fused-ring (bicyclic) bond motifs is 3. The largest absolute Gasteiger partial charge is 0.358 e. The molecule has 1 aliphatic heterocycles. The highest BCUT2D eigenvalue weighted by Gasteiger charge is 2.33. The molecule has 0 bridgehead atoms. The van der Waals surface area contributed by atoms with Gasteiger partial charge in [0.05, 0.1) is 12.3 Å². The van der Waals surface area contributed by atoms with Gasteiger partial charge in [-0.25, -0.2) is 10.0 Å². The number of guanidine groups is 1. The molecule has 5 nitrogen and oxygen atoms in total. The van der Waals surface area contributed by atoms with Crippen molar-refractivity contribution >= 4 is 22.6 Å². The quantitative estimate of drug-likeness (QED) is 0.807. The fraction of sp³-hybridized carbons (Fsp3) is 0.524. The predicted molar refractivity (Wildman–Crippen MR) is 109 cm³/mol. The van der Waals surface area contributed by atoms with Crippen molar-refractivity contribution in [3.63, 3.8) is 0 Å². The van der Waals surface area contributed by atoms with Gasteiger partial charge in [-0.3, -0.25) is 0 Å². The van der Waals surface area contributed by atoms with Crippen LogP contribution in [0.5, 0.6) is 0 Å². The number of aliphatic imine (C=N–C) groups is 1. The molecule has 0 fully saturated rings. The van der Waals surface area contributed by atoms with Gasteiger partial charge in [0.1, 0.15) is 0 Å². The van der Waals surface area contributed by atoms with E-state index in [1.54, 1.807) is 0 Å². The van der Waals surface area contributed by atoms with Crippen molar-refractivity contribution in [2.45, 2.75) is 46.5 Å². The lowest BCUT2D eigenvalue weighted by Gasteiger charge is -2.31. The molecule has 5 heteroatoms. The summed E-state index contributed by atoms with van der Waals surface area (Å²) in [5.74, 6) is 1.38.